The summed E-state index contributed by atoms with van der Waals surface area (Å²) in [6, 6.07) is 9.00. The molecule has 0 saturated heterocycles. The minimum Gasteiger partial charge on any atom is -0.477 e. The molecule has 0 N–H and O–H groups in total. The topological polar surface area (TPSA) is 56.5 Å². The van der Waals surface area contributed by atoms with E-state index in [4.69, 9.17) is 4.74 Å². The second-order valence-corrected chi connectivity index (χ2v) is 4.75. The Balaban J connectivity index is 2.51. The van der Waals surface area contributed by atoms with E-state index >= 15 is 0 Å². The molecule has 0 unspecified atom stereocenters. The number of hydrogen-bond donors (Lipinski definition) is 0. The molecule has 2 aromatic rings. The van der Waals surface area contributed by atoms with Crippen molar-refractivity contribution in [1.82, 2.24) is 9.55 Å². The van der Waals surface area contributed by atoms with Gasteiger partial charge in [-0.2, -0.15) is 0 Å². The van der Waals surface area contributed by atoms with Crippen LogP contribution < -0.4 is 10.2 Å². The molecule has 110 valence electrons. The molecule has 0 aliphatic rings. The van der Waals surface area contributed by atoms with Gasteiger partial charge in [0.15, 0.2) is 0 Å². The maximum atomic E-state index is 12.7. The van der Waals surface area contributed by atoms with Crippen LogP contribution in [0.25, 0.3) is 0 Å². The lowest BCUT2D eigenvalue weighted by molar-refractivity contribution is 0.0950. The lowest BCUT2D eigenvalue weighted by atomic mass is 10.2. The highest BCUT2D eigenvalue weighted by atomic mass is 16.5. The summed E-state index contributed by atoms with van der Waals surface area (Å²) in [6.07, 6.45) is 3.31. The van der Waals surface area contributed by atoms with Gasteiger partial charge >= 0.3 is 0 Å². The molecule has 5 nitrogen and oxygen atoms in total. The van der Waals surface area contributed by atoms with Crippen LogP contribution in [0.1, 0.15) is 31.1 Å². The number of carbonyl (C=O) groups excluding carboxylic acids is 1. The fraction of sp³-hybridized carbons (Fsp3) is 0.312. The number of hydrogen-bond acceptors (Lipinski definition) is 4. The zero-order chi connectivity index (χ0) is 15.2. The zero-order valence-electron chi connectivity index (χ0n) is 12.5. The first-order valence-corrected chi connectivity index (χ1v) is 6.97. The Morgan fingerprint density at radius 1 is 1.33 bits per heavy atom. The predicted molar refractivity (Wildman–Crippen MR) is 80.3 cm³/mol. The molecular formula is C16H19N3O2. The Morgan fingerprint density at radius 3 is 2.86 bits per heavy atom. The monoisotopic (exact) mass is 285 g/mol. The molecule has 0 amide bonds. The molecule has 0 spiro atoms. The van der Waals surface area contributed by atoms with Crippen LogP contribution in [0.4, 0.5) is 0 Å². The van der Waals surface area contributed by atoms with E-state index in [1.807, 2.05) is 32.9 Å². The number of nitrogens with zero attached hydrogens (tertiary/aromatic N) is 3. The molecule has 0 saturated carbocycles. The number of pyridine rings is 2. The van der Waals surface area contributed by atoms with Crippen molar-refractivity contribution in [2.24, 2.45) is 4.99 Å². The van der Waals surface area contributed by atoms with Gasteiger partial charge in [0.05, 0.1) is 6.61 Å². The van der Waals surface area contributed by atoms with E-state index < -0.39 is 0 Å². The highest BCUT2D eigenvalue weighted by Gasteiger charge is 2.15. The van der Waals surface area contributed by atoms with Crippen molar-refractivity contribution >= 4 is 5.91 Å². The summed E-state index contributed by atoms with van der Waals surface area (Å²) >= 11 is 0. The molecule has 0 bridgehead atoms. The first kappa shape index (κ1) is 15.0. The molecule has 0 aliphatic carbocycles. The van der Waals surface area contributed by atoms with Crippen LogP contribution in [0.5, 0.6) is 5.88 Å². The van der Waals surface area contributed by atoms with Crippen molar-refractivity contribution in [3.8, 4) is 5.88 Å². The fourth-order valence-electron chi connectivity index (χ4n) is 1.91. The molecule has 0 radical (unpaired) electrons. The van der Waals surface area contributed by atoms with E-state index in [1.54, 1.807) is 30.6 Å². The lowest BCUT2D eigenvalue weighted by Crippen LogP contribution is -2.28. The molecule has 0 aromatic carbocycles. The third-order valence-electron chi connectivity index (χ3n) is 2.73. The SMILES string of the molecule is CCOc1ncccc1C(=O)n1ccccc1=NC(C)C. The van der Waals surface area contributed by atoms with Crippen molar-refractivity contribution in [2.45, 2.75) is 26.8 Å². The van der Waals surface area contributed by atoms with E-state index in [1.165, 1.54) is 4.57 Å². The minimum absolute atomic E-state index is 0.103. The number of rotatable bonds is 4. The average molecular weight is 285 g/mol. The van der Waals surface area contributed by atoms with Crippen LogP contribution >= 0.6 is 0 Å². The smallest absolute Gasteiger partial charge is 0.269 e. The largest absolute Gasteiger partial charge is 0.477 e. The van der Waals surface area contributed by atoms with Gasteiger partial charge in [0.2, 0.25) is 5.88 Å². The minimum atomic E-state index is -0.202. The van der Waals surface area contributed by atoms with Crippen LogP contribution in [0.15, 0.2) is 47.7 Å². The first-order valence-electron chi connectivity index (χ1n) is 6.97. The zero-order valence-corrected chi connectivity index (χ0v) is 12.5. The first-order chi connectivity index (χ1) is 10.1. The second-order valence-electron chi connectivity index (χ2n) is 4.75. The van der Waals surface area contributed by atoms with E-state index in [-0.39, 0.29) is 11.9 Å². The number of aromatic nitrogens is 2. The maximum Gasteiger partial charge on any atom is 0.269 e. The lowest BCUT2D eigenvalue weighted by Gasteiger charge is -2.10. The normalized spacial score (nSPS) is 11.7. The Bertz CT molecular complexity index is 690. The Labute approximate surface area is 123 Å². The van der Waals surface area contributed by atoms with Gasteiger partial charge in [-0.1, -0.05) is 6.07 Å². The maximum absolute atomic E-state index is 12.7. The van der Waals surface area contributed by atoms with Crippen LogP contribution in [-0.2, 0) is 0 Å². The van der Waals surface area contributed by atoms with Crippen molar-refractivity contribution in [1.29, 1.82) is 0 Å². The van der Waals surface area contributed by atoms with Gasteiger partial charge < -0.3 is 4.74 Å². The molecular weight excluding hydrogens is 266 g/mol. The quantitative estimate of drug-likeness (QED) is 0.866. The number of ether oxygens (including phenoxy) is 1. The van der Waals surface area contributed by atoms with Crippen molar-refractivity contribution in [3.63, 3.8) is 0 Å². The molecule has 2 aromatic heterocycles. The third-order valence-corrected chi connectivity index (χ3v) is 2.73. The average Bonchev–Trinajstić information content (AvgIpc) is 2.47. The predicted octanol–water partition coefficient (Wildman–Crippen LogP) is 2.28. The van der Waals surface area contributed by atoms with Gasteiger partial charge in [-0.3, -0.25) is 14.4 Å². The van der Waals surface area contributed by atoms with Gasteiger partial charge in [0.1, 0.15) is 11.1 Å². The van der Waals surface area contributed by atoms with Gasteiger partial charge in [0, 0.05) is 18.4 Å². The second kappa shape index (κ2) is 6.83. The van der Waals surface area contributed by atoms with Crippen LogP contribution in [-0.4, -0.2) is 28.1 Å². The standard InChI is InChI=1S/C16H19N3O2/c1-4-21-15-13(8-7-10-17-15)16(20)19-11-6-5-9-14(19)18-12(2)3/h5-12H,4H2,1-3H3. The van der Waals surface area contributed by atoms with E-state index in [0.29, 0.717) is 23.5 Å². The van der Waals surface area contributed by atoms with E-state index in [9.17, 15) is 4.79 Å². The Hall–Kier alpha value is -2.43. The molecule has 0 fully saturated rings. The van der Waals surface area contributed by atoms with Gasteiger partial charge in [-0.15, -0.1) is 0 Å². The summed E-state index contributed by atoms with van der Waals surface area (Å²) in [4.78, 5) is 21.3. The van der Waals surface area contributed by atoms with E-state index in [0.717, 1.165) is 0 Å². The van der Waals surface area contributed by atoms with Crippen molar-refractivity contribution in [2.75, 3.05) is 6.61 Å². The molecule has 2 heterocycles. The van der Waals surface area contributed by atoms with Crippen LogP contribution in [0.2, 0.25) is 0 Å². The summed E-state index contributed by atoms with van der Waals surface area (Å²) < 4.78 is 6.94. The number of carbonyl (C=O) groups is 1. The summed E-state index contributed by atoms with van der Waals surface area (Å²) in [5, 5.41) is 0. The molecule has 0 aliphatic heterocycles. The van der Waals surface area contributed by atoms with E-state index in [2.05, 4.69) is 9.98 Å². The van der Waals surface area contributed by atoms with Crippen molar-refractivity contribution < 1.29 is 9.53 Å². The van der Waals surface area contributed by atoms with Crippen LogP contribution in [0.3, 0.4) is 0 Å². The highest BCUT2D eigenvalue weighted by molar-refractivity contribution is 5.97. The highest BCUT2D eigenvalue weighted by Crippen LogP contribution is 2.15. The summed E-state index contributed by atoms with van der Waals surface area (Å²) in [7, 11) is 0. The third kappa shape index (κ3) is 3.56. The van der Waals surface area contributed by atoms with Crippen molar-refractivity contribution in [3.05, 3.63) is 53.8 Å². The van der Waals surface area contributed by atoms with Gasteiger partial charge in [-0.05, 0) is 45.0 Å². The van der Waals surface area contributed by atoms with Gasteiger partial charge in [-0.25, -0.2) is 4.98 Å². The van der Waals surface area contributed by atoms with Crippen LogP contribution in [0, 0.1) is 0 Å². The Morgan fingerprint density at radius 2 is 2.14 bits per heavy atom. The Kier molecular flexibility index (Phi) is 4.87. The summed E-state index contributed by atoms with van der Waals surface area (Å²) in [5.74, 6) is 0.142. The van der Waals surface area contributed by atoms with Gasteiger partial charge in [0.25, 0.3) is 5.91 Å². The molecule has 2 rings (SSSR count). The molecule has 21 heavy (non-hydrogen) atoms. The fourth-order valence-corrected chi connectivity index (χ4v) is 1.91. The summed E-state index contributed by atoms with van der Waals surface area (Å²) in [5.41, 5.74) is 1.04. The molecule has 5 heteroatoms. The molecule has 0 atom stereocenters. The summed E-state index contributed by atoms with van der Waals surface area (Å²) in [6.45, 7) is 6.26.